The molecule has 0 unspecified atom stereocenters. The molecule has 3 rings (SSSR count). The predicted octanol–water partition coefficient (Wildman–Crippen LogP) is 2.91. The van der Waals surface area contributed by atoms with Crippen LogP contribution in [0, 0.1) is 15.9 Å². The van der Waals surface area contributed by atoms with Crippen molar-refractivity contribution >= 4 is 11.5 Å². The molecule has 1 aliphatic carbocycles. The molecule has 7 heteroatoms. The molecule has 1 heterocycles. The molecule has 0 saturated carbocycles. The molecule has 102 valence electrons. The normalized spacial score (nSPS) is 14.2. The molecular weight excluding hydrogens is 267 g/mol. The molecule has 20 heavy (non-hydrogen) atoms. The SMILES string of the molecule is O=C1CCCc2noc(-c3cc(F)ccc3[N+](=O)[O-])c21. The Morgan fingerprint density at radius 2 is 2.15 bits per heavy atom. The number of hydrogen-bond donors (Lipinski definition) is 0. The lowest BCUT2D eigenvalue weighted by atomic mass is 9.92. The third-order valence-corrected chi connectivity index (χ3v) is 3.26. The van der Waals surface area contributed by atoms with Gasteiger partial charge in [-0.15, -0.1) is 0 Å². The van der Waals surface area contributed by atoms with Gasteiger partial charge in [-0.1, -0.05) is 5.16 Å². The molecule has 6 nitrogen and oxygen atoms in total. The third kappa shape index (κ3) is 1.87. The highest BCUT2D eigenvalue weighted by molar-refractivity contribution is 6.03. The number of rotatable bonds is 2. The summed E-state index contributed by atoms with van der Waals surface area (Å²) >= 11 is 0. The van der Waals surface area contributed by atoms with Crippen molar-refractivity contribution in [1.82, 2.24) is 5.16 Å². The zero-order chi connectivity index (χ0) is 14.3. The Bertz CT molecular complexity index is 723. The number of Topliss-reactive ketones (excluding diaryl/α,β-unsaturated/α-hetero) is 1. The largest absolute Gasteiger partial charge is 0.355 e. The molecule has 1 aromatic carbocycles. The van der Waals surface area contributed by atoms with E-state index in [1.165, 1.54) is 0 Å². The van der Waals surface area contributed by atoms with Gasteiger partial charge in [-0.25, -0.2) is 4.39 Å². The highest BCUT2D eigenvalue weighted by atomic mass is 19.1. The zero-order valence-electron chi connectivity index (χ0n) is 10.3. The Hall–Kier alpha value is -2.57. The number of hydrogen-bond acceptors (Lipinski definition) is 5. The number of halogens is 1. The number of benzene rings is 1. The number of ketones is 1. The van der Waals surface area contributed by atoms with Crippen LogP contribution in [0.3, 0.4) is 0 Å². The molecule has 1 aromatic heterocycles. The van der Waals surface area contributed by atoms with E-state index >= 15 is 0 Å². The summed E-state index contributed by atoms with van der Waals surface area (Å²) in [5.41, 5.74) is 0.350. The summed E-state index contributed by atoms with van der Waals surface area (Å²) in [7, 11) is 0. The molecule has 0 fully saturated rings. The van der Waals surface area contributed by atoms with E-state index in [2.05, 4.69) is 5.16 Å². The summed E-state index contributed by atoms with van der Waals surface area (Å²) in [6, 6.07) is 3.03. The second kappa shape index (κ2) is 4.52. The lowest BCUT2D eigenvalue weighted by Crippen LogP contribution is -2.10. The second-order valence-corrected chi connectivity index (χ2v) is 4.53. The lowest BCUT2D eigenvalue weighted by molar-refractivity contribution is -0.384. The van der Waals surface area contributed by atoms with Gasteiger partial charge >= 0.3 is 0 Å². The maximum atomic E-state index is 13.4. The highest BCUT2D eigenvalue weighted by Crippen LogP contribution is 2.36. The maximum Gasteiger partial charge on any atom is 0.280 e. The summed E-state index contributed by atoms with van der Waals surface area (Å²) in [6.45, 7) is 0. The van der Waals surface area contributed by atoms with E-state index in [0.29, 0.717) is 25.0 Å². The molecule has 0 saturated heterocycles. The number of aryl methyl sites for hydroxylation is 1. The van der Waals surface area contributed by atoms with Crippen molar-refractivity contribution < 1.29 is 18.6 Å². The molecule has 0 N–H and O–H groups in total. The van der Waals surface area contributed by atoms with E-state index < -0.39 is 10.7 Å². The van der Waals surface area contributed by atoms with Crippen molar-refractivity contribution in [2.45, 2.75) is 19.3 Å². The Morgan fingerprint density at radius 1 is 1.35 bits per heavy atom. The second-order valence-electron chi connectivity index (χ2n) is 4.53. The molecule has 0 atom stereocenters. The minimum Gasteiger partial charge on any atom is -0.355 e. The van der Waals surface area contributed by atoms with E-state index in [9.17, 15) is 19.3 Å². The summed E-state index contributed by atoms with van der Waals surface area (Å²) in [5, 5.41) is 14.8. The lowest BCUT2D eigenvalue weighted by Gasteiger charge is -2.08. The quantitative estimate of drug-likeness (QED) is 0.621. The fraction of sp³-hybridized carbons (Fsp3) is 0.231. The summed E-state index contributed by atoms with van der Waals surface area (Å²) in [6.07, 6.45) is 1.58. The standard InChI is InChI=1S/C13H9FN2O4/c14-7-4-5-10(16(18)19)8(6-7)13-12-9(15-20-13)2-1-3-11(12)17/h4-6H,1-3H2. The van der Waals surface area contributed by atoms with Crippen LogP contribution in [0.5, 0.6) is 0 Å². The van der Waals surface area contributed by atoms with Crippen LogP contribution >= 0.6 is 0 Å². The van der Waals surface area contributed by atoms with Crippen LogP contribution in [-0.4, -0.2) is 15.9 Å². The van der Waals surface area contributed by atoms with Gasteiger partial charge in [0, 0.05) is 12.5 Å². The fourth-order valence-corrected chi connectivity index (χ4v) is 2.36. The Labute approximate surface area is 112 Å². The first-order valence-electron chi connectivity index (χ1n) is 6.04. The zero-order valence-corrected chi connectivity index (χ0v) is 10.3. The summed E-state index contributed by atoms with van der Waals surface area (Å²) in [4.78, 5) is 22.3. The molecule has 0 bridgehead atoms. The van der Waals surface area contributed by atoms with Crippen molar-refractivity contribution in [2.75, 3.05) is 0 Å². The molecule has 0 aliphatic heterocycles. The monoisotopic (exact) mass is 276 g/mol. The predicted molar refractivity (Wildman–Crippen MR) is 65.8 cm³/mol. The average Bonchev–Trinajstić information content (AvgIpc) is 2.83. The van der Waals surface area contributed by atoms with Crippen LogP contribution in [0.25, 0.3) is 11.3 Å². The Kier molecular flexibility index (Phi) is 2.81. The average molecular weight is 276 g/mol. The summed E-state index contributed by atoms with van der Waals surface area (Å²) < 4.78 is 18.4. The first-order chi connectivity index (χ1) is 9.58. The van der Waals surface area contributed by atoms with E-state index in [-0.39, 0.29) is 28.4 Å². The molecule has 0 amide bonds. The van der Waals surface area contributed by atoms with Gasteiger partial charge in [0.25, 0.3) is 5.69 Å². The number of nitrogens with zero attached hydrogens (tertiary/aromatic N) is 2. The van der Waals surface area contributed by atoms with Gasteiger partial charge in [0.2, 0.25) is 0 Å². The third-order valence-electron chi connectivity index (χ3n) is 3.26. The van der Waals surface area contributed by atoms with E-state index in [0.717, 1.165) is 18.2 Å². The molecular formula is C13H9FN2O4. The van der Waals surface area contributed by atoms with Crippen molar-refractivity contribution in [3.63, 3.8) is 0 Å². The summed E-state index contributed by atoms with van der Waals surface area (Å²) in [5.74, 6) is -0.837. The fourth-order valence-electron chi connectivity index (χ4n) is 2.36. The highest BCUT2D eigenvalue weighted by Gasteiger charge is 2.30. The van der Waals surface area contributed by atoms with E-state index in [4.69, 9.17) is 4.52 Å². The topological polar surface area (TPSA) is 86.2 Å². The van der Waals surface area contributed by atoms with Gasteiger partial charge in [0.1, 0.15) is 11.4 Å². The number of nitro benzene ring substituents is 1. The van der Waals surface area contributed by atoms with Crippen LogP contribution in [0.15, 0.2) is 22.7 Å². The van der Waals surface area contributed by atoms with E-state index in [1.54, 1.807) is 0 Å². The van der Waals surface area contributed by atoms with Gasteiger partial charge < -0.3 is 4.52 Å². The Balaban J connectivity index is 2.24. The van der Waals surface area contributed by atoms with Gasteiger partial charge in [-0.2, -0.15) is 0 Å². The first kappa shape index (κ1) is 12.5. The minimum absolute atomic E-state index is 0.0177. The van der Waals surface area contributed by atoms with Crippen LogP contribution < -0.4 is 0 Å². The smallest absolute Gasteiger partial charge is 0.280 e. The van der Waals surface area contributed by atoms with Crippen LogP contribution in [-0.2, 0) is 6.42 Å². The maximum absolute atomic E-state index is 13.4. The number of carbonyl (C=O) groups is 1. The minimum atomic E-state index is -0.642. The molecule has 0 radical (unpaired) electrons. The van der Waals surface area contributed by atoms with Gasteiger partial charge in [-0.05, 0) is 25.0 Å². The molecule has 0 spiro atoms. The van der Waals surface area contributed by atoms with Crippen molar-refractivity contribution in [3.05, 3.63) is 45.4 Å². The Morgan fingerprint density at radius 3 is 2.90 bits per heavy atom. The van der Waals surface area contributed by atoms with Crippen molar-refractivity contribution in [3.8, 4) is 11.3 Å². The van der Waals surface area contributed by atoms with Crippen LogP contribution in [0.4, 0.5) is 10.1 Å². The number of aromatic nitrogens is 1. The van der Waals surface area contributed by atoms with Gasteiger partial charge in [-0.3, -0.25) is 14.9 Å². The number of fused-ring (bicyclic) bond motifs is 1. The molecule has 2 aromatic rings. The van der Waals surface area contributed by atoms with Crippen LogP contribution in [0.1, 0.15) is 28.9 Å². The van der Waals surface area contributed by atoms with E-state index in [1.807, 2.05) is 0 Å². The number of carbonyl (C=O) groups excluding carboxylic acids is 1. The van der Waals surface area contributed by atoms with Crippen molar-refractivity contribution in [1.29, 1.82) is 0 Å². The van der Waals surface area contributed by atoms with Crippen molar-refractivity contribution in [2.24, 2.45) is 0 Å². The van der Waals surface area contributed by atoms with Gasteiger partial charge in [0.05, 0.1) is 16.2 Å². The molecule has 1 aliphatic rings. The van der Waals surface area contributed by atoms with Crippen LogP contribution in [0.2, 0.25) is 0 Å². The first-order valence-corrected chi connectivity index (χ1v) is 6.04. The van der Waals surface area contributed by atoms with Gasteiger partial charge in [0.15, 0.2) is 11.5 Å². The number of nitro groups is 1.